The Morgan fingerprint density at radius 2 is 1.52 bits per heavy atom. The summed E-state index contributed by atoms with van der Waals surface area (Å²) < 4.78 is 28.1. The van der Waals surface area contributed by atoms with Crippen molar-refractivity contribution in [2.24, 2.45) is 0 Å². The lowest BCUT2D eigenvalue weighted by Crippen LogP contribution is -2.23. The topological polar surface area (TPSA) is 75.3 Å². The van der Waals surface area contributed by atoms with Gasteiger partial charge in [-0.15, -0.1) is 0 Å². The van der Waals surface area contributed by atoms with Crippen LogP contribution in [-0.2, 0) is 26.8 Å². The zero-order valence-corrected chi connectivity index (χ0v) is 17.9. The van der Waals surface area contributed by atoms with Gasteiger partial charge in [-0.3, -0.25) is 4.79 Å². The molecule has 3 aromatic carbocycles. The Kier molecular flexibility index (Phi) is 5.78. The fraction of sp³-hybridized carbons (Fsp3) is 0.261. The molecule has 0 aliphatic carbocycles. The molecule has 2 N–H and O–H groups in total. The summed E-state index contributed by atoms with van der Waals surface area (Å²) in [5.74, 6) is -0.150. The third kappa shape index (κ3) is 5.22. The first-order valence-corrected chi connectivity index (χ1v) is 10.9. The molecule has 5 nitrogen and oxygen atoms in total. The lowest BCUT2D eigenvalue weighted by Gasteiger charge is -2.19. The molecule has 0 bridgehead atoms. The molecule has 0 radical (unpaired) electrons. The van der Waals surface area contributed by atoms with E-state index < -0.39 is 10.0 Å². The average molecular weight is 411 g/mol. The van der Waals surface area contributed by atoms with Crippen molar-refractivity contribution in [2.75, 3.05) is 5.32 Å². The van der Waals surface area contributed by atoms with E-state index in [4.69, 9.17) is 0 Å². The SMILES string of the molecule is CC(=O)Nc1ccc2cc(S(=O)(=O)NCc3ccc(C(C)(C)C)cc3)ccc2c1. The highest BCUT2D eigenvalue weighted by Gasteiger charge is 2.16. The van der Waals surface area contributed by atoms with Crippen molar-refractivity contribution < 1.29 is 13.2 Å². The van der Waals surface area contributed by atoms with E-state index >= 15 is 0 Å². The molecule has 0 aliphatic heterocycles. The number of carbonyl (C=O) groups is 1. The lowest BCUT2D eigenvalue weighted by atomic mass is 9.87. The first kappa shape index (κ1) is 21.0. The van der Waals surface area contributed by atoms with Gasteiger partial charge in [0.1, 0.15) is 0 Å². The van der Waals surface area contributed by atoms with Gasteiger partial charge in [0.2, 0.25) is 15.9 Å². The third-order valence-corrected chi connectivity index (χ3v) is 6.13. The molecule has 0 saturated carbocycles. The minimum absolute atomic E-state index is 0.0585. The van der Waals surface area contributed by atoms with Crippen molar-refractivity contribution in [3.63, 3.8) is 0 Å². The number of hydrogen-bond acceptors (Lipinski definition) is 3. The Hall–Kier alpha value is -2.70. The van der Waals surface area contributed by atoms with E-state index in [1.807, 2.05) is 30.3 Å². The Morgan fingerprint density at radius 1 is 0.897 bits per heavy atom. The molecule has 1 amide bonds. The normalized spacial score (nSPS) is 12.1. The van der Waals surface area contributed by atoms with E-state index in [0.717, 1.165) is 16.3 Å². The monoisotopic (exact) mass is 410 g/mol. The first-order chi connectivity index (χ1) is 13.5. The average Bonchev–Trinajstić information content (AvgIpc) is 2.65. The Labute approximate surface area is 172 Å². The van der Waals surface area contributed by atoms with Crippen molar-refractivity contribution in [3.8, 4) is 0 Å². The number of sulfonamides is 1. The van der Waals surface area contributed by atoms with Gasteiger partial charge >= 0.3 is 0 Å². The van der Waals surface area contributed by atoms with Gasteiger partial charge in [-0.25, -0.2) is 13.1 Å². The van der Waals surface area contributed by atoms with Crippen LogP contribution in [0.3, 0.4) is 0 Å². The zero-order valence-electron chi connectivity index (χ0n) is 17.1. The van der Waals surface area contributed by atoms with E-state index in [0.29, 0.717) is 5.69 Å². The molecule has 0 aromatic heterocycles. The molecular weight excluding hydrogens is 384 g/mol. The van der Waals surface area contributed by atoms with Crippen LogP contribution in [0.15, 0.2) is 65.6 Å². The number of amides is 1. The second-order valence-corrected chi connectivity index (χ2v) is 9.94. The van der Waals surface area contributed by atoms with Gasteiger partial charge in [-0.05, 0) is 51.6 Å². The van der Waals surface area contributed by atoms with E-state index in [9.17, 15) is 13.2 Å². The van der Waals surface area contributed by atoms with Gasteiger partial charge < -0.3 is 5.32 Å². The van der Waals surface area contributed by atoms with Crippen molar-refractivity contribution >= 4 is 32.4 Å². The molecule has 0 spiro atoms. The molecule has 0 aliphatic rings. The molecule has 3 aromatic rings. The van der Waals surface area contributed by atoms with E-state index in [1.165, 1.54) is 12.5 Å². The summed E-state index contributed by atoms with van der Waals surface area (Å²) in [6.45, 7) is 8.10. The third-order valence-electron chi connectivity index (χ3n) is 4.73. The molecule has 0 saturated heterocycles. The van der Waals surface area contributed by atoms with E-state index in [-0.39, 0.29) is 22.8 Å². The van der Waals surface area contributed by atoms with Crippen molar-refractivity contribution in [1.29, 1.82) is 0 Å². The number of rotatable bonds is 5. The van der Waals surface area contributed by atoms with Crippen LogP contribution in [0.25, 0.3) is 10.8 Å². The van der Waals surface area contributed by atoms with E-state index in [2.05, 4.69) is 30.8 Å². The predicted molar refractivity (Wildman–Crippen MR) is 117 cm³/mol. The number of carbonyl (C=O) groups excluding carboxylic acids is 1. The fourth-order valence-electron chi connectivity index (χ4n) is 3.06. The summed E-state index contributed by atoms with van der Waals surface area (Å²) in [6, 6.07) is 18.3. The van der Waals surface area contributed by atoms with E-state index in [1.54, 1.807) is 30.3 Å². The number of fused-ring (bicyclic) bond motifs is 1. The molecular formula is C23H26N2O3S. The first-order valence-electron chi connectivity index (χ1n) is 9.45. The van der Waals surface area contributed by atoms with Crippen LogP contribution in [0.2, 0.25) is 0 Å². The van der Waals surface area contributed by atoms with Crippen molar-refractivity contribution in [2.45, 2.75) is 44.6 Å². The second-order valence-electron chi connectivity index (χ2n) is 8.18. The lowest BCUT2D eigenvalue weighted by molar-refractivity contribution is -0.114. The van der Waals surface area contributed by atoms with Gasteiger partial charge in [0.15, 0.2) is 0 Å². The standard InChI is InChI=1S/C23H26N2O3S/c1-16(26)25-21-11-7-19-14-22(12-8-18(19)13-21)29(27,28)24-15-17-5-9-20(10-6-17)23(2,3)4/h5-14,24H,15H2,1-4H3,(H,25,26). The van der Waals surface area contributed by atoms with Crippen LogP contribution in [0.1, 0.15) is 38.8 Å². The highest BCUT2D eigenvalue weighted by atomic mass is 32.2. The summed E-state index contributed by atoms with van der Waals surface area (Å²) in [7, 11) is -3.64. The molecule has 152 valence electrons. The van der Waals surface area contributed by atoms with Crippen LogP contribution in [0.4, 0.5) is 5.69 Å². The predicted octanol–water partition coefficient (Wildman–Crippen LogP) is 4.57. The number of nitrogens with one attached hydrogen (secondary N) is 2. The number of benzene rings is 3. The summed E-state index contributed by atoms with van der Waals surface area (Å²) in [5, 5.41) is 4.37. The van der Waals surface area contributed by atoms with Gasteiger partial charge in [0, 0.05) is 19.2 Å². The summed E-state index contributed by atoms with van der Waals surface area (Å²) in [4.78, 5) is 11.4. The van der Waals surface area contributed by atoms with Gasteiger partial charge in [-0.2, -0.15) is 0 Å². The van der Waals surface area contributed by atoms with Crippen LogP contribution < -0.4 is 10.0 Å². The van der Waals surface area contributed by atoms with Crippen molar-refractivity contribution in [1.82, 2.24) is 4.72 Å². The molecule has 0 heterocycles. The molecule has 6 heteroatoms. The summed E-state index contributed by atoms with van der Waals surface area (Å²) in [5.41, 5.74) is 2.85. The van der Waals surface area contributed by atoms with Crippen molar-refractivity contribution in [3.05, 3.63) is 71.8 Å². The maximum absolute atomic E-state index is 12.7. The molecule has 0 unspecified atom stereocenters. The van der Waals surface area contributed by atoms with Gasteiger partial charge in [0.25, 0.3) is 0 Å². The fourth-order valence-corrected chi connectivity index (χ4v) is 4.11. The smallest absolute Gasteiger partial charge is 0.240 e. The highest BCUT2D eigenvalue weighted by Crippen LogP contribution is 2.24. The summed E-state index contributed by atoms with van der Waals surface area (Å²) in [6.07, 6.45) is 0. The Morgan fingerprint density at radius 3 is 2.14 bits per heavy atom. The minimum atomic E-state index is -3.64. The number of hydrogen-bond donors (Lipinski definition) is 2. The van der Waals surface area contributed by atoms with Crippen LogP contribution in [0, 0.1) is 0 Å². The Bertz CT molecular complexity index is 1140. The molecule has 0 fully saturated rings. The van der Waals surface area contributed by atoms with Crippen LogP contribution in [-0.4, -0.2) is 14.3 Å². The number of anilines is 1. The highest BCUT2D eigenvalue weighted by molar-refractivity contribution is 7.89. The molecule has 0 atom stereocenters. The second kappa shape index (κ2) is 7.97. The molecule has 29 heavy (non-hydrogen) atoms. The maximum Gasteiger partial charge on any atom is 0.240 e. The van der Waals surface area contributed by atoms with Gasteiger partial charge in [0.05, 0.1) is 4.90 Å². The molecule has 3 rings (SSSR count). The zero-order chi connectivity index (χ0) is 21.2. The maximum atomic E-state index is 12.7. The largest absolute Gasteiger partial charge is 0.326 e. The van der Waals surface area contributed by atoms with Gasteiger partial charge in [-0.1, -0.05) is 57.2 Å². The van der Waals surface area contributed by atoms with Crippen LogP contribution >= 0.6 is 0 Å². The minimum Gasteiger partial charge on any atom is -0.326 e. The quantitative estimate of drug-likeness (QED) is 0.647. The summed E-state index contributed by atoms with van der Waals surface area (Å²) >= 11 is 0. The Balaban J connectivity index is 1.76. The van der Waals surface area contributed by atoms with Crippen LogP contribution in [0.5, 0.6) is 0 Å².